The van der Waals surface area contributed by atoms with Crippen LogP contribution < -0.4 is 5.73 Å². The van der Waals surface area contributed by atoms with E-state index >= 15 is 0 Å². The van der Waals surface area contributed by atoms with Crippen molar-refractivity contribution in [3.63, 3.8) is 0 Å². The van der Waals surface area contributed by atoms with Crippen LogP contribution in [0.25, 0.3) is 16.7 Å². The number of hydrogen-bond donors (Lipinski definition) is 1. The molecule has 2 aromatic rings. The minimum Gasteiger partial charge on any atom is -0.333 e. The second-order valence-corrected chi connectivity index (χ2v) is 8.85. The lowest BCUT2D eigenvalue weighted by Crippen LogP contribution is -2.50. The minimum absolute atomic E-state index is 0.0612. The summed E-state index contributed by atoms with van der Waals surface area (Å²) in [6, 6.07) is 16.9. The second kappa shape index (κ2) is 8.57. The Morgan fingerprint density at radius 3 is 2.27 bits per heavy atom. The molecule has 2 heterocycles. The number of rotatable bonds is 5. The fourth-order valence-corrected chi connectivity index (χ4v) is 4.30. The lowest BCUT2D eigenvalue weighted by molar-refractivity contribution is -0.133. The molecule has 156 valence electrons. The van der Waals surface area contributed by atoms with Gasteiger partial charge in [0.1, 0.15) is 0 Å². The molecule has 1 fully saturated rings. The largest absolute Gasteiger partial charge is 0.333 e. The molecule has 0 radical (unpaired) electrons. The Hall–Kier alpha value is -2.72. The Balaban J connectivity index is 1.43. The van der Waals surface area contributed by atoms with Crippen LogP contribution in [-0.4, -0.2) is 35.1 Å². The fourth-order valence-electron chi connectivity index (χ4n) is 4.30. The number of carbonyl (C=O) groups is 1. The predicted molar refractivity (Wildman–Crippen MR) is 124 cm³/mol. The second-order valence-electron chi connectivity index (χ2n) is 8.85. The van der Waals surface area contributed by atoms with E-state index in [1.807, 2.05) is 24.9 Å². The van der Waals surface area contributed by atoms with Crippen LogP contribution in [0, 0.1) is 12.8 Å². The molecule has 1 saturated heterocycles. The Morgan fingerprint density at radius 1 is 1.03 bits per heavy atom. The van der Waals surface area contributed by atoms with Gasteiger partial charge in [0.15, 0.2) is 0 Å². The molecule has 0 aromatic heterocycles. The number of likely N-dealkylation sites (tertiary alicyclic amines) is 1. The van der Waals surface area contributed by atoms with Gasteiger partial charge in [0, 0.05) is 24.9 Å². The van der Waals surface area contributed by atoms with Gasteiger partial charge in [-0.1, -0.05) is 67.9 Å². The molecule has 0 aliphatic carbocycles. The number of aryl methyl sites for hydroxylation is 1. The van der Waals surface area contributed by atoms with E-state index in [1.165, 1.54) is 27.8 Å². The highest BCUT2D eigenvalue weighted by atomic mass is 16.2. The number of nitrogens with zero attached hydrogens (tertiary/aromatic N) is 2. The van der Waals surface area contributed by atoms with Crippen molar-refractivity contribution in [2.75, 3.05) is 6.54 Å². The molecule has 0 unspecified atom stereocenters. The molecule has 30 heavy (non-hydrogen) atoms. The first-order chi connectivity index (χ1) is 14.4. The van der Waals surface area contributed by atoms with Crippen molar-refractivity contribution >= 4 is 17.2 Å². The highest BCUT2D eigenvalue weighted by molar-refractivity contribution is 6.03. The predicted octanol–water partition coefficient (Wildman–Crippen LogP) is 4.82. The summed E-state index contributed by atoms with van der Waals surface area (Å²) in [5.74, 6) is 0.205. The van der Waals surface area contributed by atoms with Crippen LogP contribution in [0.3, 0.4) is 0 Å². The average Bonchev–Trinajstić information content (AvgIpc) is 3.43. The zero-order valence-corrected chi connectivity index (χ0v) is 18.1. The molecule has 2 N–H and O–H groups in total. The Morgan fingerprint density at radius 2 is 1.63 bits per heavy atom. The van der Waals surface area contributed by atoms with E-state index in [2.05, 4.69) is 55.5 Å². The summed E-state index contributed by atoms with van der Waals surface area (Å²) in [4.78, 5) is 19.5. The van der Waals surface area contributed by atoms with Crippen LogP contribution in [0.4, 0.5) is 0 Å². The molecule has 2 aliphatic rings. The number of nitrogens with two attached hydrogens (primary N) is 1. The molecule has 4 nitrogen and oxygen atoms in total. The van der Waals surface area contributed by atoms with Gasteiger partial charge in [-0.2, -0.15) is 0 Å². The molecular weight excluding hydrogens is 370 g/mol. The molecular formula is C26H31N3O. The monoisotopic (exact) mass is 401 g/mol. The van der Waals surface area contributed by atoms with Gasteiger partial charge in [-0.3, -0.25) is 9.79 Å². The number of benzene rings is 2. The highest BCUT2D eigenvalue weighted by Gasteiger charge is 2.36. The van der Waals surface area contributed by atoms with Crippen molar-refractivity contribution in [1.82, 2.24) is 4.90 Å². The smallest absolute Gasteiger partial charge is 0.240 e. The first-order valence-electron chi connectivity index (χ1n) is 10.9. The summed E-state index contributed by atoms with van der Waals surface area (Å²) in [6.07, 6.45) is 4.76. The molecule has 2 atom stereocenters. The quantitative estimate of drug-likeness (QED) is 0.781. The van der Waals surface area contributed by atoms with Crippen LogP contribution in [0.1, 0.15) is 44.2 Å². The third-order valence-electron chi connectivity index (χ3n) is 6.32. The van der Waals surface area contributed by atoms with Gasteiger partial charge >= 0.3 is 0 Å². The Bertz CT molecular complexity index is 970. The lowest BCUT2D eigenvalue weighted by atomic mass is 9.96. The van der Waals surface area contributed by atoms with Crippen molar-refractivity contribution in [1.29, 1.82) is 0 Å². The molecule has 0 saturated carbocycles. The van der Waals surface area contributed by atoms with Crippen LogP contribution in [-0.2, 0) is 4.79 Å². The SMILES string of the molecule is Cc1ccc(-c2ccc(C3=CN=C([C@@H]4CCCN4C(=O)[C@@H](N)C(C)C)C3)cc2)cc1. The third kappa shape index (κ3) is 4.10. The maximum absolute atomic E-state index is 12.8. The van der Waals surface area contributed by atoms with Gasteiger partial charge in [0.2, 0.25) is 5.91 Å². The van der Waals surface area contributed by atoms with Gasteiger partial charge in [-0.15, -0.1) is 0 Å². The van der Waals surface area contributed by atoms with Crippen LogP contribution in [0.5, 0.6) is 0 Å². The van der Waals surface area contributed by atoms with Crippen molar-refractivity contribution < 1.29 is 4.79 Å². The zero-order valence-electron chi connectivity index (χ0n) is 18.1. The van der Waals surface area contributed by atoms with E-state index in [-0.39, 0.29) is 17.9 Å². The van der Waals surface area contributed by atoms with E-state index in [4.69, 9.17) is 10.7 Å². The summed E-state index contributed by atoms with van der Waals surface area (Å²) in [6.45, 7) is 6.89. The summed E-state index contributed by atoms with van der Waals surface area (Å²) in [7, 11) is 0. The van der Waals surface area contributed by atoms with Gasteiger partial charge in [0.05, 0.1) is 12.1 Å². The third-order valence-corrected chi connectivity index (χ3v) is 6.32. The zero-order chi connectivity index (χ0) is 21.3. The lowest BCUT2D eigenvalue weighted by Gasteiger charge is -2.29. The van der Waals surface area contributed by atoms with E-state index in [1.54, 1.807) is 0 Å². The Labute approximate surface area is 179 Å². The van der Waals surface area contributed by atoms with Crippen LogP contribution in [0.2, 0.25) is 0 Å². The topological polar surface area (TPSA) is 58.7 Å². The molecule has 2 aromatic carbocycles. The van der Waals surface area contributed by atoms with E-state index < -0.39 is 6.04 Å². The summed E-state index contributed by atoms with van der Waals surface area (Å²) < 4.78 is 0. The van der Waals surface area contributed by atoms with E-state index in [0.29, 0.717) is 0 Å². The van der Waals surface area contributed by atoms with Crippen LogP contribution >= 0.6 is 0 Å². The molecule has 4 heteroatoms. The Kier molecular flexibility index (Phi) is 5.87. The van der Waals surface area contributed by atoms with E-state index in [0.717, 1.165) is 31.5 Å². The van der Waals surface area contributed by atoms with Gasteiger partial charge < -0.3 is 10.6 Å². The molecule has 0 bridgehead atoms. The van der Waals surface area contributed by atoms with Gasteiger partial charge in [0.25, 0.3) is 0 Å². The fraction of sp³-hybridized carbons (Fsp3) is 0.385. The number of hydrogen-bond acceptors (Lipinski definition) is 3. The maximum Gasteiger partial charge on any atom is 0.240 e. The normalized spacial score (nSPS) is 19.8. The first kappa shape index (κ1) is 20.5. The van der Waals surface area contributed by atoms with Crippen LogP contribution in [0.15, 0.2) is 59.7 Å². The van der Waals surface area contributed by atoms with Gasteiger partial charge in [-0.25, -0.2) is 0 Å². The number of allylic oxidation sites excluding steroid dienone is 1. The van der Waals surface area contributed by atoms with Crippen molar-refractivity contribution in [2.24, 2.45) is 16.6 Å². The van der Waals surface area contributed by atoms with E-state index in [9.17, 15) is 4.79 Å². The summed E-state index contributed by atoms with van der Waals surface area (Å²) >= 11 is 0. The standard InChI is InChI=1S/C26H31N3O/c1-17(2)25(27)26(30)29-14-4-5-24(29)23-15-22(16-28-23)21-12-10-20(11-13-21)19-8-6-18(3)7-9-19/h6-13,16-17,24-25H,4-5,14-15,27H2,1-3H3/t24-,25-/m0/s1. The van der Waals surface area contributed by atoms with Crippen molar-refractivity contribution in [2.45, 2.75) is 52.1 Å². The highest BCUT2D eigenvalue weighted by Crippen LogP contribution is 2.31. The maximum atomic E-state index is 12.8. The number of carbonyl (C=O) groups excluding carboxylic acids is 1. The van der Waals surface area contributed by atoms with Gasteiger partial charge in [-0.05, 0) is 47.9 Å². The summed E-state index contributed by atoms with van der Waals surface area (Å²) in [5.41, 5.74) is 13.4. The number of aliphatic imine (C=N–C) groups is 1. The summed E-state index contributed by atoms with van der Waals surface area (Å²) in [5, 5.41) is 0. The minimum atomic E-state index is -0.436. The molecule has 2 aliphatic heterocycles. The van der Waals surface area contributed by atoms with Crippen molar-refractivity contribution in [3.8, 4) is 11.1 Å². The average molecular weight is 402 g/mol. The molecule has 1 amide bonds. The molecule has 4 rings (SSSR count). The first-order valence-corrected chi connectivity index (χ1v) is 10.9. The van der Waals surface area contributed by atoms with Crippen molar-refractivity contribution in [3.05, 3.63) is 65.9 Å². The number of amides is 1. The molecule has 0 spiro atoms.